The molecule has 18 heavy (non-hydrogen) atoms. The van der Waals surface area contributed by atoms with Gasteiger partial charge in [-0.2, -0.15) is 4.98 Å². The molecule has 102 valence electrons. The van der Waals surface area contributed by atoms with Crippen molar-refractivity contribution in [3.05, 3.63) is 11.7 Å². The molecule has 1 unspecified atom stereocenters. The molecule has 1 aromatic rings. The molecule has 0 aliphatic heterocycles. The smallest absolute Gasteiger partial charge is 0.234 e. The summed E-state index contributed by atoms with van der Waals surface area (Å²) >= 11 is 0. The van der Waals surface area contributed by atoms with E-state index in [1.165, 1.54) is 6.92 Å². The highest BCUT2D eigenvalue weighted by Gasteiger charge is 2.23. The number of hydrogen-bond donors (Lipinski definition) is 0. The van der Waals surface area contributed by atoms with Gasteiger partial charge >= 0.3 is 0 Å². The summed E-state index contributed by atoms with van der Waals surface area (Å²) < 4.78 is 27.5. The molecule has 1 heterocycles. The van der Waals surface area contributed by atoms with Crippen molar-refractivity contribution in [2.75, 3.05) is 6.26 Å². The van der Waals surface area contributed by atoms with Crippen LogP contribution in [0.25, 0.3) is 0 Å². The van der Waals surface area contributed by atoms with E-state index in [9.17, 15) is 13.2 Å². The second-order valence-electron chi connectivity index (χ2n) is 4.83. The van der Waals surface area contributed by atoms with Crippen molar-refractivity contribution in [2.24, 2.45) is 5.92 Å². The van der Waals surface area contributed by atoms with Crippen molar-refractivity contribution in [3.63, 3.8) is 0 Å². The van der Waals surface area contributed by atoms with Crippen LogP contribution in [0.3, 0.4) is 0 Å². The van der Waals surface area contributed by atoms with Crippen LogP contribution in [-0.4, -0.2) is 30.6 Å². The Bertz CT molecular complexity index is 519. The van der Waals surface area contributed by atoms with Crippen molar-refractivity contribution in [1.82, 2.24) is 10.1 Å². The molecule has 0 radical (unpaired) electrons. The molecule has 0 aliphatic rings. The molecule has 0 bridgehead atoms. The molecule has 1 atom stereocenters. The van der Waals surface area contributed by atoms with Crippen LogP contribution in [-0.2, 0) is 21.1 Å². The van der Waals surface area contributed by atoms with Gasteiger partial charge in [0, 0.05) is 12.7 Å². The maximum atomic E-state index is 11.6. The molecule has 0 saturated heterocycles. The third kappa shape index (κ3) is 4.21. The van der Waals surface area contributed by atoms with Crippen LogP contribution in [0.2, 0.25) is 0 Å². The molecule has 0 aromatic carbocycles. The van der Waals surface area contributed by atoms with Gasteiger partial charge in [-0.3, -0.25) is 4.79 Å². The van der Waals surface area contributed by atoms with Crippen molar-refractivity contribution < 1.29 is 17.7 Å². The predicted molar refractivity (Wildman–Crippen MR) is 65.7 cm³/mol. The van der Waals surface area contributed by atoms with Crippen LogP contribution < -0.4 is 0 Å². The first kappa shape index (κ1) is 14.8. The number of aromatic nitrogens is 2. The Morgan fingerprint density at radius 2 is 1.94 bits per heavy atom. The Morgan fingerprint density at radius 1 is 1.33 bits per heavy atom. The van der Waals surface area contributed by atoms with E-state index in [4.69, 9.17) is 4.52 Å². The zero-order chi connectivity index (χ0) is 13.9. The van der Waals surface area contributed by atoms with Gasteiger partial charge in [-0.25, -0.2) is 8.42 Å². The average molecular weight is 274 g/mol. The van der Waals surface area contributed by atoms with Crippen LogP contribution in [0, 0.1) is 5.92 Å². The Labute approximate surface area is 107 Å². The highest BCUT2D eigenvalue weighted by molar-refractivity contribution is 7.90. The normalized spacial score (nSPS) is 13.8. The average Bonchev–Trinajstić information content (AvgIpc) is 2.61. The highest BCUT2D eigenvalue weighted by Crippen LogP contribution is 2.17. The topological polar surface area (TPSA) is 90.1 Å². The minimum Gasteiger partial charge on any atom is -0.339 e. The maximum Gasteiger partial charge on any atom is 0.234 e. The van der Waals surface area contributed by atoms with E-state index >= 15 is 0 Å². The quantitative estimate of drug-likeness (QED) is 0.777. The monoisotopic (exact) mass is 274 g/mol. The van der Waals surface area contributed by atoms with Crippen molar-refractivity contribution in [3.8, 4) is 0 Å². The molecule has 7 heteroatoms. The molecule has 0 N–H and O–H groups in total. The third-order valence-corrected chi connectivity index (χ3v) is 3.97. The van der Waals surface area contributed by atoms with E-state index in [0.717, 1.165) is 6.26 Å². The summed E-state index contributed by atoms with van der Waals surface area (Å²) in [7, 11) is -3.26. The van der Waals surface area contributed by atoms with Crippen LogP contribution in [0.4, 0.5) is 0 Å². The minimum absolute atomic E-state index is 0.00667. The highest BCUT2D eigenvalue weighted by atomic mass is 32.2. The molecule has 1 aromatic heterocycles. The van der Waals surface area contributed by atoms with Gasteiger partial charge in [0.05, 0.1) is 6.42 Å². The third-order valence-electron chi connectivity index (χ3n) is 2.47. The number of ketones is 1. The van der Waals surface area contributed by atoms with Gasteiger partial charge in [0.1, 0.15) is 11.0 Å². The summed E-state index contributed by atoms with van der Waals surface area (Å²) in [5, 5.41) is 2.77. The standard InChI is InChI=1S/C11H18N2O4S/c1-7(2)5-9(14)6-10-12-11(13-17-10)8(3)18(4,15)16/h7-8H,5-6H2,1-4H3. The summed E-state index contributed by atoms with van der Waals surface area (Å²) in [6.07, 6.45) is 1.61. The first-order valence-electron chi connectivity index (χ1n) is 5.73. The zero-order valence-corrected chi connectivity index (χ0v) is 11.8. The van der Waals surface area contributed by atoms with Crippen molar-refractivity contribution in [1.29, 1.82) is 0 Å². The predicted octanol–water partition coefficient (Wildman–Crippen LogP) is 1.33. The lowest BCUT2D eigenvalue weighted by Crippen LogP contribution is -2.10. The molecule has 1 rings (SSSR count). The van der Waals surface area contributed by atoms with E-state index in [-0.39, 0.29) is 29.8 Å². The lowest BCUT2D eigenvalue weighted by molar-refractivity contribution is -0.119. The number of sulfone groups is 1. The Hall–Kier alpha value is -1.24. The van der Waals surface area contributed by atoms with E-state index in [1.54, 1.807) is 0 Å². The lowest BCUT2D eigenvalue weighted by Gasteiger charge is -2.02. The van der Waals surface area contributed by atoms with Crippen molar-refractivity contribution in [2.45, 2.75) is 38.9 Å². The fourth-order valence-corrected chi connectivity index (χ4v) is 1.87. The molecule has 0 spiro atoms. The Morgan fingerprint density at radius 3 is 2.44 bits per heavy atom. The fraction of sp³-hybridized carbons (Fsp3) is 0.727. The summed E-state index contributed by atoms with van der Waals surface area (Å²) in [5.41, 5.74) is 0. The van der Waals surface area contributed by atoms with Crippen LogP contribution in [0.15, 0.2) is 4.52 Å². The van der Waals surface area contributed by atoms with Gasteiger partial charge in [-0.15, -0.1) is 0 Å². The molecule has 0 aliphatic carbocycles. The van der Waals surface area contributed by atoms with Gasteiger partial charge in [0.15, 0.2) is 15.7 Å². The van der Waals surface area contributed by atoms with Crippen LogP contribution >= 0.6 is 0 Å². The molecule has 6 nitrogen and oxygen atoms in total. The number of rotatable bonds is 6. The van der Waals surface area contributed by atoms with E-state index < -0.39 is 15.1 Å². The fourth-order valence-electron chi connectivity index (χ4n) is 1.39. The summed E-state index contributed by atoms with van der Waals surface area (Å²) in [5.74, 6) is 0.554. The molecule has 0 fully saturated rings. The number of Topliss-reactive ketones (excluding diaryl/α,β-unsaturated/α-hetero) is 1. The first-order valence-corrected chi connectivity index (χ1v) is 7.68. The largest absolute Gasteiger partial charge is 0.339 e. The van der Waals surface area contributed by atoms with E-state index in [2.05, 4.69) is 10.1 Å². The Balaban J connectivity index is 2.73. The van der Waals surface area contributed by atoms with Gasteiger partial charge in [-0.05, 0) is 12.8 Å². The lowest BCUT2D eigenvalue weighted by atomic mass is 10.1. The molecular formula is C11H18N2O4S. The number of carbonyl (C=O) groups is 1. The molecule has 0 amide bonds. The second-order valence-corrected chi connectivity index (χ2v) is 7.20. The molecule has 0 saturated carbocycles. The minimum atomic E-state index is -3.26. The number of hydrogen-bond acceptors (Lipinski definition) is 6. The van der Waals surface area contributed by atoms with Crippen LogP contribution in [0.5, 0.6) is 0 Å². The maximum absolute atomic E-state index is 11.6. The number of nitrogens with zero attached hydrogens (tertiary/aromatic N) is 2. The number of carbonyl (C=O) groups excluding carboxylic acids is 1. The SMILES string of the molecule is CC(C)CC(=O)Cc1nc(C(C)S(C)(=O)=O)no1. The summed E-state index contributed by atoms with van der Waals surface area (Å²) in [6, 6.07) is 0. The van der Waals surface area contributed by atoms with E-state index in [0.29, 0.717) is 6.42 Å². The summed E-state index contributed by atoms with van der Waals surface area (Å²) in [4.78, 5) is 15.5. The first-order chi connectivity index (χ1) is 8.20. The van der Waals surface area contributed by atoms with Gasteiger partial charge in [0.2, 0.25) is 5.89 Å². The van der Waals surface area contributed by atoms with Crippen molar-refractivity contribution >= 4 is 15.6 Å². The second kappa shape index (κ2) is 5.60. The molecular weight excluding hydrogens is 256 g/mol. The summed E-state index contributed by atoms with van der Waals surface area (Å²) in [6.45, 7) is 5.38. The Kier molecular flexibility index (Phi) is 4.61. The van der Waals surface area contributed by atoms with Gasteiger partial charge in [-0.1, -0.05) is 19.0 Å². The van der Waals surface area contributed by atoms with Gasteiger partial charge < -0.3 is 4.52 Å². The van der Waals surface area contributed by atoms with Crippen LogP contribution in [0.1, 0.15) is 44.2 Å². The van der Waals surface area contributed by atoms with Gasteiger partial charge in [0.25, 0.3) is 0 Å². The zero-order valence-electron chi connectivity index (χ0n) is 11.0. The van der Waals surface area contributed by atoms with E-state index in [1.807, 2.05) is 13.8 Å².